The monoisotopic (exact) mass is 325 g/mol. The highest BCUT2D eigenvalue weighted by atomic mass is 32.1. The Labute approximate surface area is 138 Å². The van der Waals surface area contributed by atoms with Gasteiger partial charge in [-0.3, -0.25) is 9.78 Å². The van der Waals surface area contributed by atoms with Gasteiger partial charge in [0.05, 0.1) is 4.88 Å². The highest BCUT2D eigenvalue weighted by molar-refractivity contribution is 7.12. The van der Waals surface area contributed by atoms with E-state index in [1.165, 1.54) is 11.3 Å². The fourth-order valence-electron chi connectivity index (χ4n) is 2.01. The Bertz CT molecular complexity index is 802. The fraction of sp³-hybridized carbons (Fsp3) is 0.118. The van der Waals surface area contributed by atoms with Crippen molar-refractivity contribution in [1.29, 1.82) is 0 Å². The van der Waals surface area contributed by atoms with Crippen molar-refractivity contribution in [3.8, 4) is 5.75 Å². The molecule has 0 radical (unpaired) electrons. The van der Waals surface area contributed by atoms with Crippen LogP contribution in [0.3, 0.4) is 0 Å². The molecule has 3 rings (SSSR count). The summed E-state index contributed by atoms with van der Waals surface area (Å²) in [5, 5.41) is 4.71. The normalized spacial score (nSPS) is 10.3. The highest BCUT2D eigenvalue weighted by Gasteiger charge is 2.14. The van der Waals surface area contributed by atoms with E-state index in [4.69, 9.17) is 4.74 Å². The number of nitrogens with zero attached hydrogens (tertiary/aromatic N) is 2. The topological polar surface area (TPSA) is 64.1 Å². The van der Waals surface area contributed by atoms with E-state index in [0.29, 0.717) is 23.1 Å². The number of hydrogen-bond donors (Lipinski definition) is 1. The Morgan fingerprint density at radius 3 is 2.78 bits per heavy atom. The van der Waals surface area contributed by atoms with Gasteiger partial charge < -0.3 is 10.1 Å². The van der Waals surface area contributed by atoms with E-state index in [1.54, 1.807) is 30.7 Å². The number of thiophene rings is 1. The molecule has 3 aromatic heterocycles. The predicted molar refractivity (Wildman–Crippen MR) is 89.8 cm³/mol. The van der Waals surface area contributed by atoms with Crippen LogP contribution in [0.2, 0.25) is 0 Å². The molecule has 0 fully saturated rings. The maximum Gasteiger partial charge on any atom is 0.267 e. The Kier molecular flexibility index (Phi) is 4.63. The third-order valence-electron chi connectivity index (χ3n) is 3.21. The molecule has 0 aliphatic heterocycles. The largest absolute Gasteiger partial charge is 0.485 e. The Hall–Kier alpha value is -2.73. The lowest BCUT2D eigenvalue weighted by Gasteiger charge is -2.11. The molecule has 5 nitrogen and oxygen atoms in total. The number of nitrogens with one attached hydrogen (secondary N) is 1. The van der Waals surface area contributed by atoms with Crippen molar-refractivity contribution < 1.29 is 9.53 Å². The van der Waals surface area contributed by atoms with Crippen LogP contribution < -0.4 is 10.1 Å². The third-order valence-corrected chi connectivity index (χ3v) is 4.23. The lowest BCUT2D eigenvalue weighted by molar-refractivity contribution is 0.102. The molecule has 3 aromatic rings. The van der Waals surface area contributed by atoms with Gasteiger partial charge in [-0.05, 0) is 53.8 Å². The van der Waals surface area contributed by atoms with Crippen LogP contribution in [0.5, 0.6) is 5.75 Å². The van der Waals surface area contributed by atoms with Gasteiger partial charge in [-0.1, -0.05) is 0 Å². The molecule has 0 aliphatic rings. The van der Waals surface area contributed by atoms with Gasteiger partial charge in [-0.25, -0.2) is 4.98 Å². The number of ether oxygens (including phenoxy) is 1. The van der Waals surface area contributed by atoms with E-state index in [0.717, 1.165) is 11.1 Å². The van der Waals surface area contributed by atoms with Crippen LogP contribution in [0.15, 0.2) is 54.3 Å². The smallest absolute Gasteiger partial charge is 0.267 e. The molecule has 23 heavy (non-hydrogen) atoms. The van der Waals surface area contributed by atoms with Gasteiger partial charge in [-0.15, -0.1) is 11.3 Å². The minimum absolute atomic E-state index is 0.176. The Morgan fingerprint density at radius 1 is 1.22 bits per heavy atom. The number of rotatable bonds is 5. The van der Waals surface area contributed by atoms with Gasteiger partial charge in [0.25, 0.3) is 5.91 Å². The molecule has 0 atom stereocenters. The first-order valence-corrected chi connectivity index (χ1v) is 7.94. The first-order chi connectivity index (χ1) is 11.2. The zero-order valence-corrected chi connectivity index (χ0v) is 13.3. The minimum atomic E-state index is -0.176. The number of aromatic nitrogens is 2. The molecule has 0 saturated heterocycles. The van der Waals surface area contributed by atoms with Crippen LogP contribution in [0.1, 0.15) is 20.8 Å². The number of aryl methyl sites for hydroxylation is 1. The molecule has 0 aliphatic carbocycles. The van der Waals surface area contributed by atoms with Gasteiger partial charge >= 0.3 is 0 Å². The summed E-state index contributed by atoms with van der Waals surface area (Å²) < 4.78 is 5.77. The molecule has 0 bridgehead atoms. The Morgan fingerprint density at radius 2 is 2.04 bits per heavy atom. The number of carbonyl (C=O) groups is 1. The average molecular weight is 325 g/mol. The zero-order valence-electron chi connectivity index (χ0n) is 12.5. The van der Waals surface area contributed by atoms with Crippen molar-refractivity contribution >= 4 is 23.1 Å². The number of anilines is 1. The summed E-state index contributed by atoms with van der Waals surface area (Å²) in [7, 11) is 0. The number of amides is 1. The second kappa shape index (κ2) is 7.02. The highest BCUT2D eigenvalue weighted by Crippen LogP contribution is 2.24. The van der Waals surface area contributed by atoms with Crippen LogP contribution in [0.25, 0.3) is 0 Å². The molecule has 3 heterocycles. The maximum atomic E-state index is 12.3. The summed E-state index contributed by atoms with van der Waals surface area (Å²) in [5.74, 6) is 0.774. The van der Waals surface area contributed by atoms with Crippen molar-refractivity contribution in [2.24, 2.45) is 0 Å². The van der Waals surface area contributed by atoms with Crippen molar-refractivity contribution in [1.82, 2.24) is 9.97 Å². The summed E-state index contributed by atoms with van der Waals surface area (Å²) >= 11 is 1.41. The quantitative estimate of drug-likeness (QED) is 0.777. The number of pyridine rings is 2. The van der Waals surface area contributed by atoms with Crippen LogP contribution in [-0.2, 0) is 6.61 Å². The third kappa shape index (κ3) is 3.73. The first kappa shape index (κ1) is 15.2. The number of hydrogen-bond acceptors (Lipinski definition) is 5. The molecule has 0 saturated carbocycles. The summed E-state index contributed by atoms with van der Waals surface area (Å²) in [6.45, 7) is 2.29. The maximum absolute atomic E-state index is 12.3. The van der Waals surface area contributed by atoms with Gasteiger partial charge in [0.15, 0.2) is 11.6 Å². The average Bonchev–Trinajstić information content (AvgIpc) is 3.01. The minimum Gasteiger partial charge on any atom is -0.485 e. The van der Waals surface area contributed by atoms with Crippen molar-refractivity contribution in [3.63, 3.8) is 0 Å². The molecule has 0 unspecified atom stereocenters. The zero-order chi connectivity index (χ0) is 16.1. The summed E-state index contributed by atoms with van der Waals surface area (Å²) in [6, 6.07) is 9.23. The number of carbonyl (C=O) groups excluding carboxylic acids is 1. The SMILES string of the molecule is Cc1ccsc1C(=O)Nc1ncccc1OCc1ccncc1. The van der Waals surface area contributed by atoms with Crippen LogP contribution in [0.4, 0.5) is 5.82 Å². The van der Waals surface area contributed by atoms with Crippen LogP contribution >= 0.6 is 11.3 Å². The fourth-order valence-corrected chi connectivity index (χ4v) is 2.83. The van der Waals surface area contributed by atoms with E-state index >= 15 is 0 Å². The van der Waals surface area contributed by atoms with Crippen LogP contribution in [-0.4, -0.2) is 15.9 Å². The van der Waals surface area contributed by atoms with Gasteiger partial charge in [0, 0.05) is 18.6 Å². The molecule has 1 amide bonds. The van der Waals surface area contributed by atoms with Gasteiger partial charge in [-0.2, -0.15) is 0 Å². The lowest BCUT2D eigenvalue weighted by atomic mass is 10.3. The predicted octanol–water partition coefficient (Wildman–Crippen LogP) is 3.68. The van der Waals surface area contributed by atoms with Gasteiger partial charge in [0.2, 0.25) is 0 Å². The van der Waals surface area contributed by atoms with Crippen molar-refractivity contribution in [3.05, 3.63) is 70.3 Å². The standard InChI is InChI=1S/C17H15N3O2S/c1-12-6-10-23-15(12)17(21)20-16-14(3-2-7-19-16)22-11-13-4-8-18-9-5-13/h2-10H,11H2,1H3,(H,19,20,21). The van der Waals surface area contributed by atoms with Crippen molar-refractivity contribution in [2.45, 2.75) is 13.5 Å². The van der Waals surface area contributed by atoms with E-state index in [2.05, 4.69) is 15.3 Å². The summed E-state index contributed by atoms with van der Waals surface area (Å²) in [6.07, 6.45) is 5.05. The summed E-state index contributed by atoms with van der Waals surface area (Å²) in [4.78, 5) is 21.2. The molecule has 0 aromatic carbocycles. The van der Waals surface area contributed by atoms with Crippen molar-refractivity contribution in [2.75, 3.05) is 5.32 Å². The van der Waals surface area contributed by atoms with E-state index in [-0.39, 0.29) is 5.91 Å². The second-order valence-corrected chi connectivity index (χ2v) is 5.80. The van der Waals surface area contributed by atoms with E-state index in [1.807, 2.05) is 30.5 Å². The molecular formula is C17H15N3O2S. The molecule has 0 spiro atoms. The van der Waals surface area contributed by atoms with Crippen LogP contribution in [0, 0.1) is 6.92 Å². The molecular weight excluding hydrogens is 310 g/mol. The molecule has 116 valence electrons. The Balaban J connectivity index is 1.73. The second-order valence-electron chi connectivity index (χ2n) is 4.88. The molecule has 1 N–H and O–H groups in total. The van der Waals surface area contributed by atoms with E-state index < -0.39 is 0 Å². The molecule has 6 heteroatoms. The summed E-state index contributed by atoms with van der Waals surface area (Å²) in [5.41, 5.74) is 1.94. The lowest BCUT2D eigenvalue weighted by Crippen LogP contribution is -2.13. The van der Waals surface area contributed by atoms with Gasteiger partial charge in [0.1, 0.15) is 6.61 Å². The van der Waals surface area contributed by atoms with E-state index in [9.17, 15) is 4.79 Å². The first-order valence-electron chi connectivity index (χ1n) is 7.06.